The molecular weight excluding hydrogens is 412 g/mol. The van der Waals surface area contributed by atoms with Crippen molar-refractivity contribution in [3.05, 3.63) is 95.3 Å². The Balaban J connectivity index is 1.32. The lowest BCUT2D eigenvalue weighted by atomic mass is 10.0. The summed E-state index contributed by atoms with van der Waals surface area (Å²) in [6.07, 6.45) is 7.48. The van der Waals surface area contributed by atoms with Crippen LogP contribution in [0.25, 0.3) is 0 Å². The molecule has 33 heavy (non-hydrogen) atoms. The molecule has 0 saturated carbocycles. The number of rotatable bonds is 9. The van der Waals surface area contributed by atoms with Crippen molar-refractivity contribution < 1.29 is 9.59 Å². The topological polar surface area (TPSA) is 74.3 Å². The van der Waals surface area contributed by atoms with Crippen LogP contribution in [0.2, 0.25) is 0 Å². The smallest absolute Gasteiger partial charge is 0.255 e. The van der Waals surface area contributed by atoms with E-state index in [0.717, 1.165) is 24.1 Å². The van der Waals surface area contributed by atoms with Gasteiger partial charge < -0.3 is 15.5 Å². The highest BCUT2D eigenvalue weighted by molar-refractivity contribution is 6.04. The van der Waals surface area contributed by atoms with Crippen LogP contribution in [0.4, 0.5) is 5.69 Å². The van der Waals surface area contributed by atoms with Crippen molar-refractivity contribution in [1.29, 1.82) is 0 Å². The predicted octanol–water partition coefficient (Wildman–Crippen LogP) is 4.14. The van der Waals surface area contributed by atoms with Gasteiger partial charge in [0.25, 0.3) is 11.8 Å². The van der Waals surface area contributed by atoms with Gasteiger partial charge in [0.05, 0.1) is 0 Å². The molecule has 1 aliphatic rings. The SMILES string of the molecule is O=C(NCCCN1CCCC1)c1cccc(Cc2cccc(C(=O)Nc3ccncc3)c2)c1. The molecule has 0 spiro atoms. The highest BCUT2D eigenvalue weighted by Crippen LogP contribution is 2.15. The second-order valence-corrected chi connectivity index (χ2v) is 8.43. The third kappa shape index (κ3) is 6.73. The number of carbonyl (C=O) groups is 2. The molecular formula is C27H30N4O2. The Morgan fingerprint density at radius 2 is 1.48 bits per heavy atom. The number of nitrogens with zero attached hydrogens (tertiary/aromatic N) is 2. The van der Waals surface area contributed by atoms with Crippen molar-refractivity contribution in [2.45, 2.75) is 25.7 Å². The summed E-state index contributed by atoms with van der Waals surface area (Å²) in [6.45, 7) is 4.10. The van der Waals surface area contributed by atoms with Gasteiger partial charge in [-0.05, 0) is 92.8 Å². The highest BCUT2D eigenvalue weighted by atomic mass is 16.2. The summed E-state index contributed by atoms with van der Waals surface area (Å²) in [5.41, 5.74) is 4.02. The van der Waals surface area contributed by atoms with Crippen molar-refractivity contribution in [3.8, 4) is 0 Å². The summed E-state index contributed by atoms with van der Waals surface area (Å²) in [7, 11) is 0. The Labute approximate surface area is 195 Å². The fourth-order valence-corrected chi connectivity index (χ4v) is 4.13. The third-order valence-corrected chi connectivity index (χ3v) is 5.86. The maximum absolute atomic E-state index is 12.6. The van der Waals surface area contributed by atoms with Gasteiger partial charge in [0.2, 0.25) is 0 Å². The van der Waals surface area contributed by atoms with Crippen molar-refractivity contribution >= 4 is 17.5 Å². The van der Waals surface area contributed by atoms with E-state index in [9.17, 15) is 9.59 Å². The Kier molecular flexibility index (Phi) is 7.82. The van der Waals surface area contributed by atoms with Crippen molar-refractivity contribution in [3.63, 3.8) is 0 Å². The van der Waals surface area contributed by atoms with Gasteiger partial charge in [-0.25, -0.2) is 0 Å². The van der Waals surface area contributed by atoms with E-state index in [2.05, 4.69) is 20.5 Å². The Morgan fingerprint density at radius 3 is 2.15 bits per heavy atom. The molecule has 1 aliphatic heterocycles. The number of amides is 2. The van der Waals surface area contributed by atoms with Gasteiger partial charge in [-0.15, -0.1) is 0 Å². The van der Waals surface area contributed by atoms with Crippen LogP contribution in [0, 0.1) is 0 Å². The molecule has 1 aromatic heterocycles. The minimum absolute atomic E-state index is 0.0382. The third-order valence-electron chi connectivity index (χ3n) is 5.86. The zero-order valence-corrected chi connectivity index (χ0v) is 18.8. The second kappa shape index (κ2) is 11.4. The van der Waals surface area contributed by atoms with Crippen LogP contribution in [-0.2, 0) is 6.42 Å². The zero-order valence-electron chi connectivity index (χ0n) is 18.8. The number of hydrogen-bond donors (Lipinski definition) is 2. The van der Waals surface area contributed by atoms with Crippen LogP contribution >= 0.6 is 0 Å². The van der Waals surface area contributed by atoms with E-state index in [1.807, 2.05) is 42.5 Å². The molecule has 2 aromatic carbocycles. The van der Waals surface area contributed by atoms with Crippen LogP contribution in [0.1, 0.15) is 51.1 Å². The number of hydrogen-bond acceptors (Lipinski definition) is 4. The molecule has 2 N–H and O–H groups in total. The summed E-state index contributed by atoms with van der Waals surface area (Å²) >= 11 is 0. The number of likely N-dealkylation sites (tertiary alicyclic amines) is 1. The summed E-state index contributed by atoms with van der Waals surface area (Å²) in [5.74, 6) is -0.200. The monoisotopic (exact) mass is 442 g/mol. The Bertz CT molecular complexity index is 1080. The lowest BCUT2D eigenvalue weighted by Gasteiger charge is -2.14. The first-order valence-corrected chi connectivity index (χ1v) is 11.6. The lowest BCUT2D eigenvalue weighted by molar-refractivity contribution is 0.0951. The Morgan fingerprint density at radius 1 is 0.848 bits per heavy atom. The molecule has 1 saturated heterocycles. The number of nitrogens with one attached hydrogen (secondary N) is 2. The molecule has 1 fully saturated rings. The minimum Gasteiger partial charge on any atom is -0.352 e. The molecule has 0 bridgehead atoms. The average Bonchev–Trinajstić information content (AvgIpc) is 3.36. The highest BCUT2D eigenvalue weighted by Gasteiger charge is 2.12. The normalized spacial score (nSPS) is 13.6. The molecule has 2 amide bonds. The van der Waals surface area contributed by atoms with E-state index in [4.69, 9.17) is 0 Å². The summed E-state index contributed by atoms with van der Waals surface area (Å²) in [6, 6.07) is 18.8. The van der Waals surface area contributed by atoms with Crippen LogP contribution in [-0.4, -0.2) is 47.9 Å². The summed E-state index contributed by atoms with van der Waals surface area (Å²) in [5, 5.41) is 5.92. The van der Waals surface area contributed by atoms with Crippen LogP contribution < -0.4 is 10.6 Å². The number of pyridine rings is 1. The zero-order chi connectivity index (χ0) is 22.9. The van der Waals surface area contributed by atoms with Gasteiger partial charge in [0, 0.05) is 35.8 Å². The summed E-state index contributed by atoms with van der Waals surface area (Å²) in [4.78, 5) is 31.6. The van der Waals surface area contributed by atoms with E-state index in [-0.39, 0.29) is 11.8 Å². The fourth-order valence-electron chi connectivity index (χ4n) is 4.13. The quantitative estimate of drug-likeness (QED) is 0.489. The second-order valence-electron chi connectivity index (χ2n) is 8.43. The molecule has 0 atom stereocenters. The van der Waals surface area contributed by atoms with Crippen molar-refractivity contribution in [2.24, 2.45) is 0 Å². The number of aromatic nitrogens is 1. The largest absolute Gasteiger partial charge is 0.352 e. The molecule has 170 valence electrons. The standard InChI is InChI=1S/C27H30N4O2/c32-26(29-12-5-17-31-15-1-2-16-31)23-8-3-6-21(19-23)18-22-7-4-9-24(20-22)27(33)30-25-10-13-28-14-11-25/h3-4,6-11,13-14,19-20H,1-2,5,12,15-18H2,(H,29,32)(H,28,30,33). The number of benzene rings is 2. The van der Waals surface area contributed by atoms with Crippen molar-refractivity contribution in [1.82, 2.24) is 15.2 Å². The van der Waals surface area contributed by atoms with Gasteiger partial charge in [-0.2, -0.15) is 0 Å². The van der Waals surface area contributed by atoms with E-state index >= 15 is 0 Å². The van der Waals surface area contributed by atoms with E-state index in [1.165, 1.54) is 25.9 Å². The van der Waals surface area contributed by atoms with Gasteiger partial charge in [0.15, 0.2) is 0 Å². The molecule has 3 aromatic rings. The van der Waals surface area contributed by atoms with Gasteiger partial charge in [-0.3, -0.25) is 14.6 Å². The van der Waals surface area contributed by atoms with Gasteiger partial charge >= 0.3 is 0 Å². The van der Waals surface area contributed by atoms with Gasteiger partial charge in [0.1, 0.15) is 0 Å². The van der Waals surface area contributed by atoms with E-state index in [1.54, 1.807) is 30.6 Å². The maximum Gasteiger partial charge on any atom is 0.255 e. The first kappa shape index (κ1) is 22.7. The first-order valence-electron chi connectivity index (χ1n) is 11.6. The molecule has 6 nitrogen and oxygen atoms in total. The lowest BCUT2D eigenvalue weighted by Crippen LogP contribution is -2.28. The number of carbonyl (C=O) groups excluding carboxylic acids is 2. The Hall–Kier alpha value is -3.51. The van der Waals surface area contributed by atoms with E-state index in [0.29, 0.717) is 29.8 Å². The molecule has 0 unspecified atom stereocenters. The van der Waals surface area contributed by atoms with Crippen LogP contribution in [0.5, 0.6) is 0 Å². The molecule has 6 heteroatoms. The average molecular weight is 443 g/mol. The molecule has 4 rings (SSSR count). The number of anilines is 1. The van der Waals surface area contributed by atoms with Crippen LogP contribution in [0.15, 0.2) is 73.1 Å². The van der Waals surface area contributed by atoms with Crippen molar-refractivity contribution in [2.75, 3.05) is 31.5 Å². The molecule has 2 heterocycles. The van der Waals surface area contributed by atoms with Crippen LogP contribution in [0.3, 0.4) is 0 Å². The van der Waals surface area contributed by atoms with Gasteiger partial charge in [-0.1, -0.05) is 24.3 Å². The molecule has 0 aliphatic carbocycles. The summed E-state index contributed by atoms with van der Waals surface area (Å²) < 4.78 is 0. The minimum atomic E-state index is -0.162. The predicted molar refractivity (Wildman–Crippen MR) is 131 cm³/mol. The van der Waals surface area contributed by atoms with E-state index < -0.39 is 0 Å². The molecule has 0 radical (unpaired) electrons. The fraction of sp³-hybridized carbons (Fsp3) is 0.296. The maximum atomic E-state index is 12.6. The first-order chi connectivity index (χ1) is 16.2.